The summed E-state index contributed by atoms with van der Waals surface area (Å²) in [6.07, 6.45) is 2.64. The third-order valence-electron chi connectivity index (χ3n) is 2.56. The zero-order chi connectivity index (χ0) is 12.8. The molecule has 0 aromatic carbocycles. The quantitative estimate of drug-likeness (QED) is 0.558. The summed E-state index contributed by atoms with van der Waals surface area (Å²) in [5.74, 6) is -0.384. The van der Waals surface area contributed by atoms with Crippen LogP contribution < -0.4 is 0 Å². The molecule has 0 radical (unpaired) electrons. The minimum atomic E-state index is -0.318. The predicted molar refractivity (Wildman–Crippen MR) is 62.8 cm³/mol. The molecule has 0 fully saturated rings. The lowest BCUT2D eigenvalue weighted by Gasteiger charge is -2.02. The van der Waals surface area contributed by atoms with Crippen molar-refractivity contribution in [3.05, 3.63) is 17.5 Å². The highest BCUT2D eigenvalue weighted by Crippen LogP contribution is 2.10. The van der Waals surface area contributed by atoms with Crippen LogP contribution in [-0.4, -0.2) is 28.1 Å². The fraction of sp³-hybridized carbons (Fsp3) is 0.583. The summed E-state index contributed by atoms with van der Waals surface area (Å²) in [6, 6.07) is 0. The zero-order valence-electron chi connectivity index (χ0n) is 10.5. The van der Waals surface area contributed by atoms with Crippen LogP contribution in [0.5, 0.6) is 0 Å². The van der Waals surface area contributed by atoms with Crippen LogP contribution in [0.15, 0.2) is 6.20 Å². The van der Waals surface area contributed by atoms with Gasteiger partial charge in [-0.2, -0.15) is 5.10 Å². The third kappa shape index (κ3) is 3.69. The van der Waals surface area contributed by atoms with Gasteiger partial charge in [0.05, 0.1) is 24.8 Å². The van der Waals surface area contributed by atoms with E-state index in [2.05, 4.69) is 5.10 Å². The Morgan fingerprint density at radius 1 is 1.41 bits per heavy atom. The van der Waals surface area contributed by atoms with Gasteiger partial charge in [-0.1, -0.05) is 6.92 Å². The zero-order valence-corrected chi connectivity index (χ0v) is 10.5. The summed E-state index contributed by atoms with van der Waals surface area (Å²) in [5, 5.41) is 3.99. The first kappa shape index (κ1) is 13.4. The second-order valence-corrected chi connectivity index (χ2v) is 3.91. The van der Waals surface area contributed by atoms with E-state index in [4.69, 9.17) is 4.74 Å². The number of nitrogens with zero attached hydrogens (tertiary/aromatic N) is 2. The molecular weight excluding hydrogens is 220 g/mol. The first-order chi connectivity index (χ1) is 8.06. The number of ketones is 1. The van der Waals surface area contributed by atoms with Crippen LogP contribution in [-0.2, 0) is 16.6 Å². The summed E-state index contributed by atoms with van der Waals surface area (Å²) in [5.41, 5.74) is 1.40. The van der Waals surface area contributed by atoms with Gasteiger partial charge in [-0.05, 0) is 13.3 Å². The van der Waals surface area contributed by atoms with Crippen molar-refractivity contribution in [1.82, 2.24) is 9.78 Å². The molecule has 0 N–H and O–H groups in total. The van der Waals surface area contributed by atoms with Crippen molar-refractivity contribution in [2.45, 2.75) is 33.1 Å². The summed E-state index contributed by atoms with van der Waals surface area (Å²) in [4.78, 5) is 23.0. The van der Waals surface area contributed by atoms with E-state index in [1.807, 2.05) is 13.8 Å². The summed E-state index contributed by atoms with van der Waals surface area (Å²) < 4.78 is 6.54. The minimum Gasteiger partial charge on any atom is -0.466 e. The molecule has 17 heavy (non-hydrogen) atoms. The number of aryl methyl sites for hydroxylation is 1. The van der Waals surface area contributed by atoms with Crippen LogP contribution in [0, 0.1) is 6.92 Å². The fourth-order valence-corrected chi connectivity index (χ4v) is 1.41. The Morgan fingerprint density at radius 2 is 2.12 bits per heavy atom. The Balaban J connectivity index is 2.45. The third-order valence-corrected chi connectivity index (χ3v) is 2.56. The largest absolute Gasteiger partial charge is 0.466 e. The van der Waals surface area contributed by atoms with Crippen molar-refractivity contribution in [3.63, 3.8) is 0 Å². The average molecular weight is 238 g/mol. The van der Waals surface area contributed by atoms with Crippen molar-refractivity contribution in [2.75, 3.05) is 6.61 Å². The van der Waals surface area contributed by atoms with Gasteiger partial charge in [0.2, 0.25) is 0 Å². The molecule has 0 saturated carbocycles. The van der Waals surface area contributed by atoms with Gasteiger partial charge < -0.3 is 4.74 Å². The Morgan fingerprint density at radius 3 is 2.65 bits per heavy atom. The highest BCUT2D eigenvalue weighted by atomic mass is 16.5. The molecule has 0 saturated heterocycles. The number of esters is 1. The highest BCUT2D eigenvalue weighted by Gasteiger charge is 2.14. The molecule has 0 aliphatic heterocycles. The second-order valence-electron chi connectivity index (χ2n) is 3.91. The van der Waals surface area contributed by atoms with E-state index in [1.165, 1.54) is 6.20 Å². The molecule has 0 unspecified atom stereocenters. The van der Waals surface area contributed by atoms with Crippen molar-refractivity contribution >= 4 is 11.8 Å². The number of carbonyl (C=O) groups is 2. The summed E-state index contributed by atoms with van der Waals surface area (Å²) in [6.45, 7) is 4.17. The number of Topliss-reactive ketones (excluding diaryl/α,β-unsaturated/α-hetero) is 1. The Hall–Kier alpha value is -1.65. The fourth-order valence-electron chi connectivity index (χ4n) is 1.41. The van der Waals surface area contributed by atoms with Gasteiger partial charge in [0.25, 0.3) is 0 Å². The first-order valence-corrected chi connectivity index (χ1v) is 5.73. The monoisotopic (exact) mass is 238 g/mol. The van der Waals surface area contributed by atoms with Crippen molar-refractivity contribution in [3.8, 4) is 0 Å². The topological polar surface area (TPSA) is 61.2 Å². The molecule has 5 nitrogen and oxygen atoms in total. The Bertz CT molecular complexity index is 410. The van der Waals surface area contributed by atoms with E-state index in [1.54, 1.807) is 11.7 Å². The lowest BCUT2D eigenvalue weighted by Crippen LogP contribution is -2.09. The van der Waals surface area contributed by atoms with E-state index in [0.717, 1.165) is 12.1 Å². The molecule has 1 heterocycles. The number of rotatable bonds is 6. The molecule has 1 aromatic rings. The van der Waals surface area contributed by atoms with E-state index < -0.39 is 0 Å². The van der Waals surface area contributed by atoms with Crippen LogP contribution in [0.1, 0.15) is 42.2 Å². The normalized spacial score (nSPS) is 10.3. The maximum atomic E-state index is 11.8. The van der Waals surface area contributed by atoms with Crippen LogP contribution >= 0.6 is 0 Å². The first-order valence-electron chi connectivity index (χ1n) is 5.73. The minimum absolute atomic E-state index is 0.0657. The molecule has 1 rings (SSSR count). The van der Waals surface area contributed by atoms with E-state index in [9.17, 15) is 9.59 Å². The molecule has 0 aliphatic rings. The molecule has 1 aromatic heterocycles. The number of carbonyl (C=O) groups excluding carboxylic acids is 2. The smallest absolute Gasteiger partial charge is 0.306 e. The molecule has 5 heteroatoms. The number of hydrogen-bond donors (Lipinski definition) is 0. The number of hydrogen-bond acceptors (Lipinski definition) is 4. The van der Waals surface area contributed by atoms with Crippen LogP contribution in [0.2, 0.25) is 0 Å². The Kier molecular flexibility index (Phi) is 4.87. The van der Waals surface area contributed by atoms with E-state index in [0.29, 0.717) is 12.2 Å². The van der Waals surface area contributed by atoms with Gasteiger partial charge in [-0.25, -0.2) is 0 Å². The lowest BCUT2D eigenvalue weighted by molar-refractivity contribution is -0.143. The summed E-state index contributed by atoms with van der Waals surface area (Å²) >= 11 is 0. The molecule has 94 valence electrons. The molecule has 0 amide bonds. The van der Waals surface area contributed by atoms with E-state index in [-0.39, 0.29) is 24.6 Å². The van der Waals surface area contributed by atoms with Crippen LogP contribution in [0.4, 0.5) is 0 Å². The summed E-state index contributed by atoms with van der Waals surface area (Å²) in [7, 11) is 1.78. The average Bonchev–Trinajstić information content (AvgIpc) is 2.64. The van der Waals surface area contributed by atoms with Gasteiger partial charge in [0.15, 0.2) is 5.78 Å². The van der Waals surface area contributed by atoms with E-state index >= 15 is 0 Å². The molecule has 0 atom stereocenters. The second kappa shape index (κ2) is 6.18. The molecular formula is C12H18N2O3. The Labute approximate surface area is 101 Å². The molecule has 0 spiro atoms. The predicted octanol–water partition coefficient (Wildman–Crippen LogP) is 1.64. The molecule has 0 aliphatic carbocycles. The van der Waals surface area contributed by atoms with Gasteiger partial charge in [0.1, 0.15) is 0 Å². The van der Waals surface area contributed by atoms with Gasteiger partial charge >= 0.3 is 5.97 Å². The van der Waals surface area contributed by atoms with Gasteiger partial charge in [-0.15, -0.1) is 0 Å². The maximum Gasteiger partial charge on any atom is 0.306 e. The van der Waals surface area contributed by atoms with Gasteiger partial charge in [0, 0.05) is 19.2 Å². The number of aromatic nitrogens is 2. The number of ether oxygens (including phenoxy) is 1. The molecule has 0 bridgehead atoms. The van der Waals surface area contributed by atoms with Crippen LogP contribution in [0.3, 0.4) is 0 Å². The SMILES string of the molecule is CCCOC(=O)CCC(=O)c1cnn(C)c1C. The lowest BCUT2D eigenvalue weighted by atomic mass is 10.1. The maximum absolute atomic E-state index is 11.8. The van der Waals surface area contributed by atoms with Crippen molar-refractivity contribution in [2.24, 2.45) is 7.05 Å². The van der Waals surface area contributed by atoms with Crippen molar-refractivity contribution < 1.29 is 14.3 Å². The van der Waals surface area contributed by atoms with Gasteiger partial charge in [-0.3, -0.25) is 14.3 Å². The standard InChI is InChI=1S/C12H18N2O3/c1-4-7-17-12(16)6-5-11(15)10-8-13-14(3)9(10)2/h8H,4-7H2,1-3H3. The van der Waals surface area contributed by atoms with Crippen molar-refractivity contribution in [1.29, 1.82) is 0 Å². The van der Waals surface area contributed by atoms with Crippen LogP contribution in [0.25, 0.3) is 0 Å². The highest BCUT2D eigenvalue weighted by molar-refractivity contribution is 5.98.